The normalized spacial score (nSPS) is 11.3. The van der Waals surface area contributed by atoms with Crippen molar-refractivity contribution in [3.63, 3.8) is 0 Å². The summed E-state index contributed by atoms with van der Waals surface area (Å²) in [6.07, 6.45) is 3.39. The van der Waals surface area contributed by atoms with E-state index in [4.69, 9.17) is 16.3 Å². The Hall–Kier alpha value is -1.28. The van der Waals surface area contributed by atoms with Crippen molar-refractivity contribution in [3.8, 4) is 5.75 Å². The van der Waals surface area contributed by atoms with Crippen LogP contribution in [-0.4, -0.2) is 13.4 Å². The molecule has 0 unspecified atom stereocenters. The number of hydrogen-bond acceptors (Lipinski definition) is 2. The van der Waals surface area contributed by atoms with Crippen molar-refractivity contribution in [3.05, 3.63) is 34.4 Å². The highest BCUT2D eigenvalue weighted by molar-refractivity contribution is 6.32. The van der Waals surface area contributed by atoms with Crippen LogP contribution < -0.4 is 4.74 Å². The summed E-state index contributed by atoms with van der Waals surface area (Å²) < 4.78 is 5.04. The second-order valence-corrected chi connectivity index (χ2v) is 3.49. The van der Waals surface area contributed by atoms with Gasteiger partial charge in [0.1, 0.15) is 12.0 Å². The standard InChI is InChI=1S/C12H13ClO2/c1-3-9(8-14)6-10-4-5-12(15-2)11(13)7-10/h4-8H,3H2,1-2H3. The number of carbonyl (C=O) groups excluding carboxylic acids is 1. The van der Waals surface area contributed by atoms with E-state index in [1.54, 1.807) is 19.2 Å². The summed E-state index contributed by atoms with van der Waals surface area (Å²) in [6, 6.07) is 5.43. The molecule has 0 aliphatic heterocycles. The lowest BCUT2D eigenvalue weighted by atomic mass is 10.1. The van der Waals surface area contributed by atoms with E-state index in [2.05, 4.69) is 0 Å². The number of rotatable bonds is 4. The average molecular weight is 225 g/mol. The van der Waals surface area contributed by atoms with Gasteiger partial charge in [-0.3, -0.25) is 4.79 Å². The molecule has 0 aliphatic rings. The van der Waals surface area contributed by atoms with Crippen molar-refractivity contribution < 1.29 is 9.53 Å². The van der Waals surface area contributed by atoms with Gasteiger partial charge in [0, 0.05) is 0 Å². The van der Waals surface area contributed by atoms with Gasteiger partial charge in [-0.15, -0.1) is 0 Å². The van der Waals surface area contributed by atoms with E-state index in [9.17, 15) is 4.79 Å². The van der Waals surface area contributed by atoms with E-state index in [1.165, 1.54) is 0 Å². The monoisotopic (exact) mass is 224 g/mol. The van der Waals surface area contributed by atoms with Crippen LogP contribution in [0.3, 0.4) is 0 Å². The molecule has 0 saturated carbocycles. The van der Waals surface area contributed by atoms with Crippen molar-refractivity contribution in [1.82, 2.24) is 0 Å². The number of benzene rings is 1. The highest BCUT2D eigenvalue weighted by Crippen LogP contribution is 2.25. The SMILES string of the molecule is CCC(C=O)=Cc1ccc(OC)c(Cl)c1. The molecule has 2 nitrogen and oxygen atoms in total. The smallest absolute Gasteiger partial charge is 0.146 e. The first-order valence-corrected chi connectivity index (χ1v) is 5.08. The molecule has 0 spiro atoms. The molecule has 1 rings (SSSR count). The van der Waals surface area contributed by atoms with Gasteiger partial charge in [-0.25, -0.2) is 0 Å². The fourth-order valence-electron chi connectivity index (χ4n) is 1.21. The van der Waals surface area contributed by atoms with Crippen LogP contribution in [-0.2, 0) is 4.79 Å². The van der Waals surface area contributed by atoms with Crippen LogP contribution in [0.1, 0.15) is 18.9 Å². The predicted molar refractivity (Wildman–Crippen MR) is 62.3 cm³/mol. The Bertz CT molecular complexity index is 383. The van der Waals surface area contributed by atoms with Crippen molar-refractivity contribution in [2.75, 3.05) is 7.11 Å². The fraction of sp³-hybridized carbons (Fsp3) is 0.250. The number of aldehydes is 1. The summed E-state index contributed by atoms with van der Waals surface area (Å²) in [5, 5.41) is 0.549. The Morgan fingerprint density at radius 1 is 1.53 bits per heavy atom. The van der Waals surface area contributed by atoms with E-state index < -0.39 is 0 Å². The summed E-state index contributed by atoms with van der Waals surface area (Å²) in [5.74, 6) is 0.637. The van der Waals surface area contributed by atoms with Crippen molar-refractivity contribution >= 4 is 24.0 Å². The van der Waals surface area contributed by atoms with Gasteiger partial charge in [-0.2, -0.15) is 0 Å². The largest absolute Gasteiger partial charge is 0.495 e. The van der Waals surface area contributed by atoms with E-state index in [-0.39, 0.29) is 0 Å². The molecule has 1 aromatic carbocycles. The molecule has 0 aliphatic carbocycles. The van der Waals surface area contributed by atoms with Crippen LogP contribution in [0.5, 0.6) is 5.75 Å². The van der Waals surface area contributed by atoms with Crippen molar-refractivity contribution in [2.45, 2.75) is 13.3 Å². The van der Waals surface area contributed by atoms with Crippen molar-refractivity contribution in [2.24, 2.45) is 0 Å². The van der Waals surface area contributed by atoms with Crippen molar-refractivity contribution in [1.29, 1.82) is 0 Å². The van der Waals surface area contributed by atoms with Gasteiger partial charge in [0.05, 0.1) is 12.1 Å². The molecule has 80 valence electrons. The second kappa shape index (κ2) is 5.56. The van der Waals surface area contributed by atoms with Gasteiger partial charge in [-0.1, -0.05) is 24.6 Å². The molecule has 1 aromatic rings. The Morgan fingerprint density at radius 3 is 2.73 bits per heavy atom. The average Bonchev–Trinajstić information content (AvgIpc) is 2.26. The number of methoxy groups -OCH3 is 1. The molecule has 0 amide bonds. The summed E-state index contributed by atoms with van der Waals surface area (Å²) in [4.78, 5) is 10.6. The lowest BCUT2D eigenvalue weighted by Gasteiger charge is -2.03. The van der Waals surface area contributed by atoms with Gasteiger partial charge in [0.15, 0.2) is 0 Å². The lowest BCUT2D eigenvalue weighted by molar-refractivity contribution is -0.104. The highest BCUT2D eigenvalue weighted by atomic mass is 35.5. The van der Waals surface area contributed by atoms with E-state index in [0.29, 0.717) is 17.2 Å². The maximum atomic E-state index is 10.6. The highest BCUT2D eigenvalue weighted by Gasteiger charge is 2.00. The third kappa shape index (κ3) is 3.10. The minimum Gasteiger partial charge on any atom is -0.495 e. The van der Waals surface area contributed by atoms with Gasteiger partial charge < -0.3 is 4.74 Å². The Morgan fingerprint density at radius 2 is 2.27 bits per heavy atom. The Labute approximate surface area is 94.5 Å². The molecule has 0 atom stereocenters. The third-order valence-electron chi connectivity index (χ3n) is 2.09. The Balaban J connectivity index is 3.02. The fourth-order valence-corrected chi connectivity index (χ4v) is 1.47. The number of carbonyl (C=O) groups is 1. The van der Waals surface area contributed by atoms with Gasteiger partial charge >= 0.3 is 0 Å². The van der Waals surface area contributed by atoms with Gasteiger partial charge in [-0.05, 0) is 35.8 Å². The number of halogens is 1. The van der Waals surface area contributed by atoms with Crippen LogP contribution in [0.25, 0.3) is 6.08 Å². The lowest BCUT2D eigenvalue weighted by Crippen LogP contribution is -1.86. The van der Waals surface area contributed by atoms with E-state index in [1.807, 2.05) is 19.1 Å². The first-order chi connectivity index (χ1) is 7.21. The molecule has 0 saturated heterocycles. The van der Waals surface area contributed by atoms with E-state index >= 15 is 0 Å². The minimum atomic E-state index is 0.549. The molecule has 0 N–H and O–H groups in total. The summed E-state index contributed by atoms with van der Waals surface area (Å²) in [6.45, 7) is 1.94. The number of hydrogen-bond donors (Lipinski definition) is 0. The van der Waals surface area contributed by atoms with Crippen LogP contribution >= 0.6 is 11.6 Å². The first-order valence-electron chi connectivity index (χ1n) is 4.70. The maximum Gasteiger partial charge on any atom is 0.146 e. The first kappa shape index (κ1) is 11.8. The zero-order chi connectivity index (χ0) is 11.3. The Kier molecular flexibility index (Phi) is 4.37. The molecule has 0 radical (unpaired) electrons. The maximum absolute atomic E-state index is 10.6. The molecule has 0 fully saturated rings. The second-order valence-electron chi connectivity index (χ2n) is 3.08. The third-order valence-corrected chi connectivity index (χ3v) is 2.38. The molecule has 15 heavy (non-hydrogen) atoms. The molecular weight excluding hydrogens is 212 g/mol. The quantitative estimate of drug-likeness (QED) is 0.579. The van der Waals surface area contributed by atoms with Gasteiger partial charge in [0.2, 0.25) is 0 Å². The van der Waals surface area contributed by atoms with Crippen LogP contribution in [0.4, 0.5) is 0 Å². The number of allylic oxidation sites excluding steroid dienone is 1. The molecule has 0 aromatic heterocycles. The summed E-state index contributed by atoms with van der Waals surface area (Å²) in [5.41, 5.74) is 1.65. The van der Waals surface area contributed by atoms with Crippen LogP contribution in [0.15, 0.2) is 23.8 Å². The number of ether oxygens (including phenoxy) is 1. The van der Waals surface area contributed by atoms with E-state index in [0.717, 1.165) is 17.4 Å². The van der Waals surface area contributed by atoms with Gasteiger partial charge in [0.25, 0.3) is 0 Å². The zero-order valence-corrected chi connectivity index (χ0v) is 9.54. The summed E-state index contributed by atoms with van der Waals surface area (Å²) >= 11 is 5.96. The molecule has 0 heterocycles. The summed E-state index contributed by atoms with van der Waals surface area (Å²) in [7, 11) is 1.57. The zero-order valence-electron chi connectivity index (χ0n) is 8.79. The van der Waals surface area contributed by atoms with Crippen LogP contribution in [0.2, 0.25) is 5.02 Å². The molecular formula is C12H13ClO2. The predicted octanol–water partition coefficient (Wildman–Crippen LogP) is 3.34. The molecule has 0 bridgehead atoms. The topological polar surface area (TPSA) is 26.3 Å². The minimum absolute atomic E-state index is 0.549. The molecule has 3 heteroatoms. The van der Waals surface area contributed by atoms with Crippen LogP contribution in [0, 0.1) is 0 Å².